The summed E-state index contributed by atoms with van der Waals surface area (Å²) in [5, 5.41) is 4.74. The lowest BCUT2D eigenvalue weighted by Gasteiger charge is -2.28. The Kier molecular flexibility index (Phi) is 6.83. The van der Waals surface area contributed by atoms with E-state index >= 15 is 0 Å². The highest BCUT2D eigenvalue weighted by atomic mass is 32.1. The van der Waals surface area contributed by atoms with Crippen molar-refractivity contribution in [1.29, 1.82) is 0 Å². The van der Waals surface area contributed by atoms with Gasteiger partial charge in [0.25, 0.3) is 0 Å². The summed E-state index contributed by atoms with van der Waals surface area (Å²) < 4.78 is 38.9. The molecule has 0 radical (unpaired) electrons. The molecule has 3 aromatic rings. The van der Waals surface area contributed by atoms with E-state index in [0.29, 0.717) is 24.2 Å². The number of rotatable bonds is 6. The molecule has 1 atom stereocenters. The molecule has 33 heavy (non-hydrogen) atoms. The van der Waals surface area contributed by atoms with Crippen LogP contribution in [0.25, 0.3) is 0 Å². The van der Waals surface area contributed by atoms with Crippen LogP contribution in [-0.4, -0.2) is 23.3 Å². The van der Waals surface area contributed by atoms with Crippen molar-refractivity contribution >= 4 is 23.2 Å². The van der Waals surface area contributed by atoms with Crippen LogP contribution in [0.15, 0.2) is 66.0 Å². The predicted molar refractivity (Wildman–Crippen MR) is 121 cm³/mol. The molecule has 0 aliphatic carbocycles. The third-order valence-electron chi connectivity index (χ3n) is 5.78. The monoisotopic (exact) mass is 472 g/mol. The van der Waals surface area contributed by atoms with Crippen LogP contribution in [-0.2, 0) is 35.3 Å². The van der Waals surface area contributed by atoms with Crippen LogP contribution in [0.4, 0.5) is 13.2 Å². The quantitative estimate of drug-likeness (QED) is 0.540. The van der Waals surface area contributed by atoms with Crippen LogP contribution < -0.4 is 5.32 Å². The van der Waals surface area contributed by atoms with Gasteiger partial charge in [-0.25, -0.2) is 0 Å². The second-order valence-electron chi connectivity index (χ2n) is 8.02. The molecule has 4 nitrogen and oxygen atoms in total. The number of nitrogens with one attached hydrogen (secondary N) is 1. The second kappa shape index (κ2) is 9.79. The molecular weight excluding hydrogens is 449 g/mol. The van der Waals surface area contributed by atoms with Crippen LogP contribution in [0.5, 0.6) is 0 Å². The van der Waals surface area contributed by atoms with Gasteiger partial charge in [-0.3, -0.25) is 9.59 Å². The highest BCUT2D eigenvalue weighted by Gasteiger charge is 2.31. The molecule has 2 aromatic carbocycles. The predicted octanol–water partition coefficient (Wildman–Crippen LogP) is 5.14. The van der Waals surface area contributed by atoms with Crippen LogP contribution in [0, 0.1) is 0 Å². The minimum atomic E-state index is -4.45. The molecule has 1 aromatic heterocycles. The molecule has 8 heteroatoms. The van der Waals surface area contributed by atoms with Crippen molar-refractivity contribution in [3.8, 4) is 0 Å². The van der Waals surface area contributed by atoms with Crippen molar-refractivity contribution in [1.82, 2.24) is 10.2 Å². The van der Waals surface area contributed by atoms with Gasteiger partial charge < -0.3 is 10.2 Å². The van der Waals surface area contributed by atoms with Gasteiger partial charge in [0.05, 0.1) is 11.5 Å². The number of alkyl halides is 3. The van der Waals surface area contributed by atoms with E-state index in [1.54, 1.807) is 40.5 Å². The highest BCUT2D eigenvalue weighted by Crippen LogP contribution is 2.30. The van der Waals surface area contributed by atoms with Gasteiger partial charge in [0, 0.05) is 30.9 Å². The van der Waals surface area contributed by atoms with Crippen molar-refractivity contribution in [3.05, 3.63) is 93.2 Å². The third-order valence-corrected chi connectivity index (χ3v) is 6.80. The molecule has 2 amide bonds. The molecule has 0 saturated heterocycles. The molecule has 1 aliphatic heterocycles. The van der Waals surface area contributed by atoms with E-state index in [2.05, 4.69) is 5.32 Å². The van der Waals surface area contributed by atoms with E-state index in [1.807, 2.05) is 17.5 Å². The van der Waals surface area contributed by atoms with Crippen LogP contribution in [0.2, 0.25) is 0 Å². The first-order valence-electron chi connectivity index (χ1n) is 10.6. The first-order valence-corrected chi connectivity index (χ1v) is 11.5. The zero-order valence-corrected chi connectivity index (χ0v) is 18.6. The first-order chi connectivity index (χ1) is 15.8. The molecule has 172 valence electrons. The fraction of sp³-hybridized carbons (Fsp3) is 0.280. The summed E-state index contributed by atoms with van der Waals surface area (Å²) in [5.74, 6) is -1.23. The van der Waals surface area contributed by atoms with Crippen molar-refractivity contribution in [2.75, 3.05) is 6.54 Å². The second-order valence-corrected chi connectivity index (χ2v) is 9.02. The summed E-state index contributed by atoms with van der Waals surface area (Å²) in [6, 6.07) is 15.9. The maximum absolute atomic E-state index is 13.1. The van der Waals surface area contributed by atoms with Gasteiger partial charge >= 0.3 is 6.18 Å². The topological polar surface area (TPSA) is 49.4 Å². The highest BCUT2D eigenvalue weighted by molar-refractivity contribution is 7.10. The molecule has 2 heterocycles. The normalized spacial score (nSPS) is 14.5. The Labute approximate surface area is 194 Å². The summed E-state index contributed by atoms with van der Waals surface area (Å²) in [6.07, 6.45) is -3.65. The maximum Gasteiger partial charge on any atom is 0.416 e. The Balaban J connectivity index is 1.46. The number of nitrogens with zero attached hydrogens (tertiary/aromatic N) is 1. The summed E-state index contributed by atoms with van der Waals surface area (Å²) >= 11 is 1.69. The number of carbonyl (C=O) groups excluding carboxylic acids is 2. The number of hydrogen-bond acceptors (Lipinski definition) is 3. The molecule has 1 aliphatic rings. The van der Waals surface area contributed by atoms with Gasteiger partial charge in [-0.15, -0.1) is 11.3 Å². The van der Waals surface area contributed by atoms with Crippen LogP contribution in [0.3, 0.4) is 0 Å². The maximum atomic E-state index is 13.1. The molecule has 0 fully saturated rings. The number of hydrogen-bond donors (Lipinski definition) is 1. The van der Waals surface area contributed by atoms with E-state index in [4.69, 9.17) is 0 Å². The number of thiophene rings is 1. The molecule has 1 N–H and O–H groups in total. The number of carbonyl (C=O) groups is 2. The Morgan fingerprint density at radius 3 is 2.61 bits per heavy atom. The Morgan fingerprint density at radius 2 is 1.85 bits per heavy atom. The van der Waals surface area contributed by atoms with Crippen molar-refractivity contribution in [2.45, 2.75) is 38.0 Å². The Hall–Kier alpha value is -3.13. The molecule has 4 rings (SSSR count). The van der Waals surface area contributed by atoms with E-state index in [0.717, 1.165) is 24.1 Å². The average Bonchev–Trinajstić information content (AvgIpc) is 3.29. The van der Waals surface area contributed by atoms with Crippen molar-refractivity contribution in [2.24, 2.45) is 0 Å². The standard InChI is InChI=1S/C25H23F3N2O2S/c26-25(27,28)20-8-4-5-17(13-20)15-29-24(32)21(18-6-2-1-3-7-18)14-23(31)30-11-9-22-19(16-30)10-12-33-22/h1-8,10,12-13,21H,9,11,14-16H2,(H,29,32). The minimum Gasteiger partial charge on any atom is -0.351 e. The average molecular weight is 473 g/mol. The fourth-order valence-electron chi connectivity index (χ4n) is 3.98. The SMILES string of the molecule is O=C(NCc1cccc(C(F)(F)F)c1)C(CC(=O)N1CCc2sccc2C1)c1ccccc1. The smallest absolute Gasteiger partial charge is 0.351 e. The number of benzene rings is 2. The molecule has 0 spiro atoms. The minimum absolute atomic E-state index is 0.00208. The Morgan fingerprint density at radius 1 is 1.06 bits per heavy atom. The third kappa shape index (κ3) is 5.63. The molecule has 0 saturated carbocycles. The lowest BCUT2D eigenvalue weighted by Crippen LogP contribution is -2.38. The zero-order chi connectivity index (χ0) is 23.4. The largest absolute Gasteiger partial charge is 0.416 e. The Bertz CT molecular complexity index is 1130. The zero-order valence-electron chi connectivity index (χ0n) is 17.8. The summed E-state index contributed by atoms with van der Waals surface area (Å²) in [6.45, 7) is 1.09. The summed E-state index contributed by atoms with van der Waals surface area (Å²) in [5.41, 5.74) is 1.42. The van der Waals surface area contributed by atoms with Gasteiger partial charge in [0.1, 0.15) is 0 Å². The summed E-state index contributed by atoms with van der Waals surface area (Å²) in [4.78, 5) is 29.2. The van der Waals surface area contributed by atoms with E-state index in [1.165, 1.54) is 17.0 Å². The number of amides is 2. The van der Waals surface area contributed by atoms with Crippen molar-refractivity contribution < 1.29 is 22.8 Å². The van der Waals surface area contributed by atoms with E-state index in [9.17, 15) is 22.8 Å². The van der Waals surface area contributed by atoms with Crippen LogP contribution in [0.1, 0.15) is 39.5 Å². The van der Waals surface area contributed by atoms with Crippen molar-refractivity contribution in [3.63, 3.8) is 0 Å². The van der Waals surface area contributed by atoms with E-state index < -0.39 is 17.7 Å². The van der Waals surface area contributed by atoms with Gasteiger partial charge in [0.15, 0.2) is 0 Å². The van der Waals surface area contributed by atoms with Gasteiger partial charge in [-0.05, 0) is 46.7 Å². The lowest BCUT2D eigenvalue weighted by molar-refractivity contribution is -0.137. The van der Waals surface area contributed by atoms with Crippen LogP contribution >= 0.6 is 11.3 Å². The number of halogens is 3. The first kappa shape index (κ1) is 23.0. The van der Waals surface area contributed by atoms with E-state index in [-0.39, 0.29) is 24.8 Å². The van der Waals surface area contributed by atoms with Gasteiger partial charge in [0.2, 0.25) is 11.8 Å². The number of fused-ring (bicyclic) bond motifs is 1. The van der Waals surface area contributed by atoms with Gasteiger partial charge in [-0.1, -0.05) is 42.5 Å². The summed E-state index contributed by atoms with van der Waals surface area (Å²) in [7, 11) is 0. The van der Waals surface area contributed by atoms with Gasteiger partial charge in [-0.2, -0.15) is 13.2 Å². The molecule has 1 unspecified atom stereocenters. The molecule has 0 bridgehead atoms. The lowest BCUT2D eigenvalue weighted by atomic mass is 9.93. The fourth-order valence-corrected chi connectivity index (χ4v) is 4.87. The molecular formula is C25H23F3N2O2S.